The molecule has 2 fully saturated rings. The third kappa shape index (κ3) is 10.7. The van der Waals surface area contributed by atoms with E-state index in [0.717, 1.165) is 96.7 Å². The average molecular weight is 846 g/mol. The van der Waals surface area contributed by atoms with E-state index < -0.39 is 22.7 Å². The van der Waals surface area contributed by atoms with Crippen molar-refractivity contribution in [3.8, 4) is 11.5 Å². The van der Waals surface area contributed by atoms with Crippen LogP contribution in [-0.4, -0.2) is 98.3 Å². The zero-order valence-electron chi connectivity index (χ0n) is 32.0. The second-order valence-electron chi connectivity index (χ2n) is 14.7. The standard InChI is InChI=1S/C25H25F3N4O3S.C16H20F3N3O/c26-25(27,28)35-19-6-7-22-20(15-19)21(16-30-22)17-8-12-32(13-9-17)14-11-31-36(33,34)23-5-1-3-18-4-2-10-29-24(18)23;17-16(18,19)23-12-1-2-15-13(9-12)14(10-21-15)11-3-6-22(7-4-11)8-5-20/h1-7,10,15-17,30-31H,8-9,11-14H2;1-2,9-11,21H,3-8,20H2. The van der Waals surface area contributed by atoms with Gasteiger partial charge in [-0.25, -0.2) is 13.1 Å². The molecule has 3 aromatic heterocycles. The Labute approximate surface area is 336 Å². The zero-order chi connectivity index (χ0) is 41.8. The molecule has 0 bridgehead atoms. The lowest BCUT2D eigenvalue weighted by atomic mass is 9.89. The molecule has 2 aliphatic heterocycles. The zero-order valence-corrected chi connectivity index (χ0v) is 32.8. The number of hydrogen-bond acceptors (Lipinski definition) is 8. The number of alkyl halides is 6. The third-order valence-electron chi connectivity index (χ3n) is 10.9. The molecule has 0 spiro atoms. The van der Waals surface area contributed by atoms with Crippen LogP contribution in [0.5, 0.6) is 11.5 Å². The van der Waals surface area contributed by atoms with Gasteiger partial charge >= 0.3 is 12.7 Å². The second-order valence-corrected chi connectivity index (χ2v) is 16.5. The fourth-order valence-corrected chi connectivity index (χ4v) is 9.34. The van der Waals surface area contributed by atoms with Crippen molar-refractivity contribution >= 4 is 42.7 Å². The van der Waals surface area contributed by atoms with Crippen molar-refractivity contribution in [2.45, 2.75) is 55.1 Å². The van der Waals surface area contributed by atoms with E-state index in [-0.39, 0.29) is 28.9 Å². The normalized spacial score (nSPS) is 16.7. The van der Waals surface area contributed by atoms with Crippen LogP contribution in [0.2, 0.25) is 0 Å². The number of ether oxygens (including phenoxy) is 2. The Balaban J connectivity index is 0.000000198. The number of nitrogens with two attached hydrogens (primary N) is 1. The Kier molecular flexibility index (Phi) is 12.7. The highest BCUT2D eigenvalue weighted by Crippen LogP contribution is 2.37. The van der Waals surface area contributed by atoms with E-state index in [4.69, 9.17) is 5.73 Å². The molecule has 0 amide bonds. The fraction of sp³-hybridized carbons (Fsp3) is 0.390. The largest absolute Gasteiger partial charge is 0.573 e. The van der Waals surface area contributed by atoms with Gasteiger partial charge in [-0.05, 0) is 123 Å². The lowest BCUT2D eigenvalue weighted by Crippen LogP contribution is -2.39. The van der Waals surface area contributed by atoms with Crippen LogP contribution >= 0.6 is 0 Å². The van der Waals surface area contributed by atoms with Gasteiger partial charge in [0.15, 0.2) is 0 Å². The van der Waals surface area contributed by atoms with Gasteiger partial charge in [0.05, 0.1) is 5.52 Å². The van der Waals surface area contributed by atoms with Gasteiger partial charge in [-0.3, -0.25) is 4.98 Å². The number of benzene rings is 3. The van der Waals surface area contributed by atoms with Gasteiger partial charge in [0.25, 0.3) is 0 Å². The summed E-state index contributed by atoms with van der Waals surface area (Å²) in [5.41, 5.74) is 9.66. The first-order valence-electron chi connectivity index (χ1n) is 19.4. The monoisotopic (exact) mass is 845 g/mol. The summed E-state index contributed by atoms with van der Waals surface area (Å²) in [6, 6.07) is 17.4. The Morgan fingerprint density at radius 3 is 1.75 bits per heavy atom. The van der Waals surface area contributed by atoms with Crippen LogP contribution in [0.4, 0.5) is 26.3 Å². The number of H-pyrrole nitrogens is 2. The number of rotatable bonds is 11. The fourth-order valence-electron chi connectivity index (χ4n) is 8.14. The van der Waals surface area contributed by atoms with Crippen molar-refractivity contribution in [3.63, 3.8) is 0 Å². The lowest BCUT2D eigenvalue weighted by Gasteiger charge is -2.32. The van der Waals surface area contributed by atoms with Gasteiger partial charge in [-0.2, -0.15) is 0 Å². The first-order chi connectivity index (χ1) is 28.2. The molecule has 11 nitrogen and oxygen atoms in total. The summed E-state index contributed by atoms with van der Waals surface area (Å²) < 4.78 is 112. The van der Waals surface area contributed by atoms with E-state index in [1.54, 1.807) is 36.5 Å². The minimum Gasteiger partial charge on any atom is -0.406 e. The smallest absolute Gasteiger partial charge is 0.406 e. The Morgan fingerprint density at radius 1 is 0.729 bits per heavy atom. The van der Waals surface area contributed by atoms with Crippen molar-refractivity contribution in [1.29, 1.82) is 0 Å². The van der Waals surface area contributed by atoms with Crippen molar-refractivity contribution in [1.82, 2.24) is 29.5 Å². The quantitative estimate of drug-likeness (QED) is 0.0963. The molecule has 2 saturated heterocycles. The summed E-state index contributed by atoms with van der Waals surface area (Å²) in [4.78, 5) is 15.2. The predicted octanol–water partition coefficient (Wildman–Crippen LogP) is 7.98. The minimum atomic E-state index is -4.73. The highest BCUT2D eigenvalue weighted by molar-refractivity contribution is 7.89. The van der Waals surface area contributed by atoms with E-state index in [9.17, 15) is 34.8 Å². The number of halogens is 6. The number of nitrogens with zero attached hydrogens (tertiary/aromatic N) is 3. The van der Waals surface area contributed by atoms with E-state index in [2.05, 4.69) is 38.9 Å². The van der Waals surface area contributed by atoms with E-state index >= 15 is 0 Å². The number of sulfonamides is 1. The number of aromatic amines is 2. The summed E-state index contributed by atoms with van der Waals surface area (Å²) in [7, 11) is -3.71. The molecular weight excluding hydrogens is 801 g/mol. The molecule has 2 aliphatic rings. The summed E-state index contributed by atoms with van der Waals surface area (Å²) in [5.74, 6) is 0.127. The third-order valence-corrected chi connectivity index (χ3v) is 12.4. The highest BCUT2D eigenvalue weighted by atomic mass is 32.2. The van der Waals surface area contributed by atoms with Crippen molar-refractivity contribution in [2.75, 3.05) is 52.4 Å². The lowest BCUT2D eigenvalue weighted by molar-refractivity contribution is -0.275. The Bertz CT molecular complexity index is 2450. The number of hydrogen-bond donors (Lipinski definition) is 4. The number of piperidine rings is 2. The van der Waals surface area contributed by atoms with Gasteiger partial charge in [0, 0.05) is 72.0 Å². The minimum absolute atomic E-state index is 0.160. The molecule has 6 aromatic rings. The SMILES string of the molecule is NCCN1CCC(c2c[nH]c3ccc(OC(F)(F)F)cc23)CC1.O=S(=O)(NCCN1CCC(c2c[nH]c3ccc(OC(F)(F)F)cc23)CC1)c1cccc2cccnc12. The van der Waals surface area contributed by atoms with Crippen LogP contribution in [0.25, 0.3) is 32.7 Å². The molecule has 0 aliphatic carbocycles. The maximum atomic E-state index is 12.9. The van der Waals surface area contributed by atoms with E-state index in [1.165, 1.54) is 24.3 Å². The topological polar surface area (TPSA) is 142 Å². The van der Waals surface area contributed by atoms with Gasteiger partial charge in [-0.15, -0.1) is 26.3 Å². The molecule has 5 heterocycles. The second kappa shape index (κ2) is 17.8. The first-order valence-corrected chi connectivity index (χ1v) is 20.9. The first kappa shape index (κ1) is 42.3. The molecule has 316 valence electrons. The molecule has 3 aromatic carbocycles. The van der Waals surface area contributed by atoms with Crippen LogP contribution in [0.15, 0.2) is 90.2 Å². The maximum absolute atomic E-state index is 12.9. The Hall–Kier alpha value is -4.88. The Morgan fingerprint density at radius 2 is 1.24 bits per heavy atom. The molecule has 5 N–H and O–H groups in total. The number of likely N-dealkylation sites (tertiary alicyclic amines) is 2. The van der Waals surface area contributed by atoms with Gasteiger partial charge in [0.2, 0.25) is 10.0 Å². The molecule has 59 heavy (non-hydrogen) atoms. The summed E-state index contributed by atoms with van der Waals surface area (Å²) >= 11 is 0. The van der Waals surface area contributed by atoms with Crippen molar-refractivity contribution in [3.05, 3.63) is 96.4 Å². The summed E-state index contributed by atoms with van der Waals surface area (Å²) in [5, 5.41) is 2.30. The molecular formula is C41H45F6N7O4S. The number of nitrogens with one attached hydrogen (secondary N) is 3. The molecule has 0 unspecified atom stereocenters. The van der Waals surface area contributed by atoms with E-state index in [0.29, 0.717) is 24.5 Å². The number of para-hydroxylation sites is 1. The highest BCUT2D eigenvalue weighted by Gasteiger charge is 2.33. The molecule has 0 saturated carbocycles. The number of aromatic nitrogens is 3. The average Bonchev–Trinajstić information content (AvgIpc) is 3.81. The van der Waals surface area contributed by atoms with Crippen LogP contribution in [0.1, 0.15) is 48.6 Å². The summed E-state index contributed by atoms with van der Waals surface area (Å²) in [6.45, 7) is 5.81. The molecule has 0 atom stereocenters. The molecule has 18 heteroatoms. The van der Waals surface area contributed by atoms with Crippen LogP contribution in [0, 0.1) is 0 Å². The van der Waals surface area contributed by atoms with Gasteiger partial charge in [0.1, 0.15) is 16.4 Å². The summed E-state index contributed by atoms with van der Waals surface area (Å²) in [6.07, 6.45) is -0.467. The molecule has 8 rings (SSSR count). The number of pyridine rings is 1. The van der Waals surface area contributed by atoms with Crippen molar-refractivity contribution in [2.24, 2.45) is 5.73 Å². The van der Waals surface area contributed by atoms with Crippen LogP contribution in [-0.2, 0) is 10.0 Å². The predicted molar refractivity (Wildman–Crippen MR) is 213 cm³/mol. The van der Waals surface area contributed by atoms with Crippen molar-refractivity contribution < 1.29 is 44.2 Å². The van der Waals surface area contributed by atoms with Gasteiger partial charge in [-0.1, -0.05) is 18.2 Å². The van der Waals surface area contributed by atoms with Crippen LogP contribution in [0.3, 0.4) is 0 Å². The number of fused-ring (bicyclic) bond motifs is 3. The van der Waals surface area contributed by atoms with E-state index in [1.807, 2.05) is 24.5 Å². The van der Waals surface area contributed by atoms with Gasteiger partial charge < -0.3 is 35.0 Å². The van der Waals surface area contributed by atoms with Crippen LogP contribution < -0.4 is 19.9 Å². The molecule has 0 radical (unpaired) electrons. The maximum Gasteiger partial charge on any atom is 0.573 e.